The average molecular weight is 978 g/mol. The lowest BCUT2D eigenvalue weighted by molar-refractivity contribution is 0.268. The fourth-order valence-electron chi connectivity index (χ4n) is 10.0. The summed E-state index contributed by atoms with van der Waals surface area (Å²) in [5, 5.41) is 0. The van der Waals surface area contributed by atoms with Crippen LogP contribution < -0.4 is 0 Å². The molecule has 0 saturated heterocycles. The maximum absolute atomic E-state index is 4.30. The number of hydrogen-bond donors (Lipinski definition) is 0. The van der Waals surface area contributed by atoms with E-state index in [1.165, 1.54) is 33.4 Å². The topological polar surface area (TPSA) is 51.6 Å². The lowest BCUT2D eigenvalue weighted by atomic mass is 9.68. The minimum absolute atomic E-state index is 0.183. The maximum Gasteiger partial charge on any atom is 0.0270 e. The summed E-state index contributed by atoms with van der Waals surface area (Å²) in [6.45, 7) is 44.4. The van der Waals surface area contributed by atoms with E-state index in [4.69, 9.17) is 0 Å². The van der Waals surface area contributed by atoms with E-state index in [9.17, 15) is 0 Å². The molecule has 6 unspecified atom stereocenters. The molecule has 0 radical (unpaired) electrons. The van der Waals surface area contributed by atoms with Gasteiger partial charge in [-0.25, -0.2) is 0 Å². The van der Waals surface area contributed by atoms with Gasteiger partial charge in [-0.15, -0.1) is 0 Å². The van der Waals surface area contributed by atoms with Crippen molar-refractivity contribution in [1.29, 1.82) is 0 Å². The highest BCUT2D eigenvalue weighted by Gasteiger charge is 2.34. The molecule has 4 heterocycles. The Morgan fingerprint density at radius 1 is 0.278 bits per heavy atom. The highest BCUT2D eigenvalue weighted by molar-refractivity contribution is 5.28. The lowest BCUT2D eigenvalue weighted by Gasteiger charge is -2.36. The molecule has 6 atom stereocenters. The van der Waals surface area contributed by atoms with Crippen molar-refractivity contribution < 1.29 is 0 Å². The standard InChI is InChI=1S/2C30H40N2.4C2H6/c2*1-29(2,3)22-27(24-14-18-32-19-15-24)20-26(23-12-16-31-17-13-23)21-28(30(4,5)6)25-10-8-7-9-11-25;4*1-2/h2*7-19,26-28H,20-22H2,1-6H3;4*1-2H3. The van der Waals surface area contributed by atoms with E-state index < -0.39 is 0 Å². The van der Waals surface area contributed by atoms with Gasteiger partial charge in [0.2, 0.25) is 0 Å². The number of rotatable bonds is 16. The molecule has 0 aliphatic carbocycles. The summed E-state index contributed by atoms with van der Waals surface area (Å²) in [6.07, 6.45) is 22.4. The van der Waals surface area contributed by atoms with Gasteiger partial charge in [-0.2, -0.15) is 0 Å². The largest absolute Gasteiger partial charge is 0.265 e. The predicted octanol–water partition coefficient (Wildman–Crippen LogP) is 20.9. The van der Waals surface area contributed by atoms with Crippen LogP contribution in [0.15, 0.2) is 159 Å². The van der Waals surface area contributed by atoms with Crippen molar-refractivity contribution in [1.82, 2.24) is 19.9 Å². The van der Waals surface area contributed by atoms with Crippen LogP contribution in [0.5, 0.6) is 0 Å². The lowest BCUT2D eigenvalue weighted by Crippen LogP contribution is -2.22. The third kappa shape index (κ3) is 24.2. The monoisotopic (exact) mass is 977 g/mol. The second-order valence-corrected chi connectivity index (χ2v) is 23.0. The van der Waals surface area contributed by atoms with Gasteiger partial charge < -0.3 is 0 Å². The van der Waals surface area contributed by atoms with Gasteiger partial charge in [0.25, 0.3) is 0 Å². The molecule has 396 valence electrons. The highest BCUT2D eigenvalue weighted by Crippen LogP contribution is 2.48. The van der Waals surface area contributed by atoms with Crippen molar-refractivity contribution in [2.24, 2.45) is 21.7 Å². The minimum atomic E-state index is 0.183. The molecule has 0 saturated carbocycles. The van der Waals surface area contributed by atoms with Crippen LogP contribution in [0, 0.1) is 21.7 Å². The van der Waals surface area contributed by atoms with Crippen LogP contribution in [-0.2, 0) is 0 Å². The van der Waals surface area contributed by atoms with Crippen LogP contribution in [0.25, 0.3) is 0 Å². The van der Waals surface area contributed by atoms with Crippen LogP contribution in [0.2, 0.25) is 0 Å². The Bertz CT molecular complexity index is 2000. The molecule has 4 heteroatoms. The Morgan fingerprint density at radius 3 is 0.708 bits per heavy atom. The third-order valence-electron chi connectivity index (χ3n) is 13.1. The molecule has 0 bridgehead atoms. The Kier molecular flexibility index (Phi) is 30.5. The van der Waals surface area contributed by atoms with E-state index in [2.05, 4.69) is 212 Å². The molecule has 72 heavy (non-hydrogen) atoms. The molecule has 0 amide bonds. The van der Waals surface area contributed by atoms with Crippen LogP contribution in [0.3, 0.4) is 0 Å². The van der Waals surface area contributed by atoms with Crippen molar-refractivity contribution in [3.05, 3.63) is 192 Å². The van der Waals surface area contributed by atoms with Gasteiger partial charge in [-0.05, 0) is 178 Å². The van der Waals surface area contributed by atoms with Gasteiger partial charge in [0, 0.05) is 49.6 Å². The number of pyridine rings is 4. The zero-order valence-corrected chi connectivity index (χ0v) is 49.5. The quantitative estimate of drug-likeness (QED) is 0.0970. The second kappa shape index (κ2) is 33.7. The van der Waals surface area contributed by atoms with Gasteiger partial charge in [-0.3, -0.25) is 19.9 Å². The number of benzene rings is 2. The first kappa shape index (κ1) is 65.1. The average Bonchev–Trinajstić information content (AvgIpc) is 3.38. The summed E-state index contributed by atoms with van der Waals surface area (Å²) >= 11 is 0. The molecule has 0 aliphatic rings. The summed E-state index contributed by atoms with van der Waals surface area (Å²) in [7, 11) is 0. The predicted molar refractivity (Wildman–Crippen MR) is 317 cm³/mol. The minimum Gasteiger partial charge on any atom is -0.265 e. The van der Waals surface area contributed by atoms with E-state index in [1.807, 2.05) is 105 Å². The number of aromatic nitrogens is 4. The fourth-order valence-corrected chi connectivity index (χ4v) is 10.0. The summed E-state index contributed by atoms with van der Waals surface area (Å²) in [6, 6.07) is 39.8. The van der Waals surface area contributed by atoms with Crippen LogP contribution in [0.4, 0.5) is 0 Å². The first-order valence-corrected chi connectivity index (χ1v) is 28.0. The van der Waals surface area contributed by atoms with Crippen LogP contribution in [-0.4, -0.2) is 19.9 Å². The van der Waals surface area contributed by atoms with Crippen molar-refractivity contribution in [2.45, 2.75) is 213 Å². The molecule has 4 aromatic heterocycles. The van der Waals surface area contributed by atoms with Gasteiger partial charge in [0.15, 0.2) is 0 Å². The van der Waals surface area contributed by atoms with E-state index in [1.54, 1.807) is 0 Å². The smallest absolute Gasteiger partial charge is 0.0270 e. The zero-order chi connectivity index (χ0) is 54.4. The van der Waals surface area contributed by atoms with Gasteiger partial charge >= 0.3 is 0 Å². The van der Waals surface area contributed by atoms with Crippen LogP contribution in [0.1, 0.15) is 246 Å². The molecule has 0 N–H and O–H groups in total. The molecule has 4 nitrogen and oxygen atoms in total. The van der Waals surface area contributed by atoms with E-state index >= 15 is 0 Å². The normalized spacial score (nSPS) is 13.8. The molecule has 0 spiro atoms. The zero-order valence-electron chi connectivity index (χ0n) is 49.5. The molecule has 2 aromatic carbocycles. The molecule has 6 aromatic rings. The van der Waals surface area contributed by atoms with Crippen molar-refractivity contribution in [3.8, 4) is 0 Å². The molecule has 0 aliphatic heterocycles. The summed E-state index contributed by atoms with van der Waals surface area (Å²) in [5.74, 6) is 2.87. The third-order valence-corrected chi connectivity index (χ3v) is 13.1. The first-order valence-electron chi connectivity index (χ1n) is 28.0. The SMILES string of the molecule is CC.CC.CC.CC.CC(C)(C)CC(CC(CC(c1ccccc1)C(C)(C)C)c1ccncc1)c1ccncc1.CC(C)(C)CC(CC(CC(c1ccccc1)C(C)(C)C)c1ccncc1)c1ccncc1. The van der Waals surface area contributed by atoms with Crippen molar-refractivity contribution in [2.75, 3.05) is 0 Å². The Hall–Kier alpha value is -4.96. The molecule has 0 fully saturated rings. The molecular formula is C68H104N4. The van der Waals surface area contributed by atoms with E-state index in [-0.39, 0.29) is 21.7 Å². The Balaban J connectivity index is 0.000000633. The number of nitrogens with zero attached hydrogens (tertiary/aromatic N) is 4. The van der Waals surface area contributed by atoms with Crippen molar-refractivity contribution in [3.63, 3.8) is 0 Å². The van der Waals surface area contributed by atoms with Gasteiger partial charge in [0.1, 0.15) is 0 Å². The Labute approximate surface area is 444 Å². The van der Waals surface area contributed by atoms with Crippen LogP contribution >= 0.6 is 0 Å². The first-order chi connectivity index (χ1) is 34.3. The summed E-state index contributed by atoms with van der Waals surface area (Å²) < 4.78 is 0. The molecular weight excluding hydrogens is 873 g/mol. The summed E-state index contributed by atoms with van der Waals surface area (Å²) in [5.41, 5.74) is 9.38. The van der Waals surface area contributed by atoms with E-state index in [0.29, 0.717) is 35.5 Å². The molecule has 6 rings (SSSR count). The highest BCUT2D eigenvalue weighted by atomic mass is 14.6. The Morgan fingerprint density at radius 2 is 0.500 bits per heavy atom. The fraction of sp³-hybridized carbons (Fsp3) is 0.529. The summed E-state index contributed by atoms with van der Waals surface area (Å²) in [4.78, 5) is 17.2. The maximum atomic E-state index is 4.30. The van der Waals surface area contributed by atoms with E-state index in [0.717, 1.165) is 38.5 Å². The van der Waals surface area contributed by atoms with Gasteiger partial charge in [0.05, 0.1) is 0 Å². The van der Waals surface area contributed by atoms with Gasteiger partial charge in [-0.1, -0.05) is 199 Å². The van der Waals surface area contributed by atoms with Crippen molar-refractivity contribution >= 4 is 0 Å². The second-order valence-electron chi connectivity index (χ2n) is 23.0. The number of hydrogen-bond acceptors (Lipinski definition) is 4.